The smallest absolute Gasteiger partial charge is 0.357 e. The molecule has 9 heteroatoms. The summed E-state index contributed by atoms with van der Waals surface area (Å²) in [5.74, 6) is -0.688. The highest BCUT2D eigenvalue weighted by Gasteiger charge is 2.10. The number of carboxylic acid groups (broad SMARTS) is 1. The van der Waals surface area contributed by atoms with Gasteiger partial charge in [-0.05, 0) is 5.21 Å². The Bertz CT molecular complexity index is 504. The van der Waals surface area contributed by atoms with Crippen LogP contribution in [0.15, 0.2) is 10.7 Å². The van der Waals surface area contributed by atoms with Crippen molar-refractivity contribution in [3.05, 3.63) is 17.8 Å². The van der Waals surface area contributed by atoms with Crippen LogP contribution in [0.2, 0.25) is 0 Å². The molecule has 0 aliphatic rings. The molecule has 0 bridgehead atoms. The molecule has 0 atom stereocenters. The molecule has 2 N–H and O–H groups in total. The van der Waals surface area contributed by atoms with Crippen molar-refractivity contribution in [2.45, 2.75) is 6.54 Å². The van der Waals surface area contributed by atoms with Crippen LogP contribution >= 0.6 is 0 Å². The van der Waals surface area contributed by atoms with Crippen molar-refractivity contribution in [3.8, 4) is 0 Å². The van der Waals surface area contributed by atoms with Gasteiger partial charge >= 0.3 is 5.97 Å². The third-order valence-electron chi connectivity index (χ3n) is 1.67. The number of carbonyl (C=O) groups is 1. The van der Waals surface area contributed by atoms with Gasteiger partial charge in [0.25, 0.3) is 6.01 Å². The molecule has 0 spiro atoms. The molecule has 0 aliphatic carbocycles. The second kappa shape index (κ2) is 3.96. The number of aryl methyl sites for hydroxylation is 1. The lowest BCUT2D eigenvalue weighted by Gasteiger charge is -1.94. The van der Waals surface area contributed by atoms with E-state index in [2.05, 4.69) is 25.7 Å². The van der Waals surface area contributed by atoms with Gasteiger partial charge in [-0.2, -0.15) is 9.78 Å². The van der Waals surface area contributed by atoms with Crippen LogP contribution in [-0.4, -0.2) is 36.3 Å². The Hall–Kier alpha value is -2.45. The molecule has 2 rings (SSSR count). The summed E-state index contributed by atoms with van der Waals surface area (Å²) < 4.78 is 4.87. The van der Waals surface area contributed by atoms with Crippen LogP contribution in [0.4, 0.5) is 6.01 Å². The van der Waals surface area contributed by atoms with Crippen molar-refractivity contribution in [2.75, 3.05) is 5.32 Å². The molecule has 0 saturated carbocycles. The predicted molar refractivity (Wildman–Crippen MR) is 49.6 cm³/mol. The second-order valence-corrected chi connectivity index (χ2v) is 2.89. The van der Waals surface area contributed by atoms with Gasteiger partial charge in [-0.25, -0.2) is 4.79 Å². The lowest BCUT2D eigenvalue weighted by molar-refractivity contribution is 0.0690. The third-order valence-corrected chi connectivity index (χ3v) is 1.67. The summed E-state index contributed by atoms with van der Waals surface area (Å²) >= 11 is 0. The molecule has 0 radical (unpaired) electrons. The van der Waals surface area contributed by atoms with E-state index in [0.717, 1.165) is 6.26 Å². The molecule has 0 fully saturated rings. The number of hydrogen-bond donors (Lipinski definition) is 2. The van der Waals surface area contributed by atoms with Gasteiger partial charge in [0.2, 0.25) is 0 Å². The van der Waals surface area contributed by atoms with Gasteiger partial charge in [-0.3, -0.25) is 0 Å². The van der Waals surface area contributed by atoms with Crippen LogP contribution in [0.5, 0.6) is 0 Å². The summed E-state index contributed by atoms with van der Waals surface area (Å²) in [5, 5.41) is 22.6. The maximum absolute atomic E-state index is 10.5. The van der Waals surface area contributed by atoms with Crippen molar-refractivity contribution < 1.29 is 14.3 Å². The molecular weight excluding hydrogens is 216 g/mol. The zero-order chi connectivity index (χ0) is 11.5. The summed E-state index contributed by atoms with van der Waals surface area (Å²) in [6, 6.07) is 0.102. The number of anilines is 1. The molecule has 9 nitrogen and oxygen atoms in total. The fourth-order valence-electron chi connectivity index (χ4n) is 1.00. The molecule has 0 unspecified atom stereocenters. The van der Waals surface area contributed by atoms with Gasteiger partial charge in [0, 0.05) is 0 Å². The number of aromatic carboxylic acids is 1. The van der Waals surface area contributed by atoms with Gasteiger partial charge < -0.3 is 14.8 Å². The van der Waals surface area contributed by atoms with Crippen LogP contribution < -0.4 is 5.32 Å². The van der Waals surface area contributed by atoms with E-state index >= 15 is 0 Å². The number of nitrogens with one attached hydrogen (secondary N) is 1. The van der Waals surface area contributed by atoms with Gasteiger partial charge in [0.1, 0.15) is 6.26 Å². The largest absolute Gasteiger partial charge is 0.476 e. The molecule has 2 aromatic heterocycles. The van der Waals surface area contributed by atoms with E-state index in [-0.39, 0.29) is 18.3 Å². The Morgan fingerprint density at radius 3 is 3.06 bits per heavy atom. The first kappa shape index (κ1) is 10.1. The van der Waals surface area contributed by atoms with Crippen LogP contribution in [0.25, 0.3) is 0 Å². The molecule has 16 heavy (non-hydrogen) atoms. The van der Waals surface area contributed by atoms with Gasteiger partial charge in [-0.15, -0.1) is 10.2 Å². The predicted octanol–water partition coefficient (Wildman–Crippen LogP) is -0.492. The molecule has 0 aromatic carbocycles. The minimum absolute atomic E-state index is 0.102. The minimum Gasteiger partial charge on any atom is -0.476 e. The molecular formula is C7H8N6O3. The number of rotatable bonds is 4. The summed E-state index contributed by atoms with van der Waals surface area (Å²) in [5.41, 5.74) is -0.158. The fraction of sp³-hybridized carbons (Fsp3) is 0.286. The number of nitrogens with zero attached hydrogens (tertiary/aromatic N) is 5. The highest BCUT2D eigenvalue weighted by atomic mass is 16.4. The number of tetrazole rings is 1. The van der Waals surface area contributed by atoms with E-state index in [1.807, 2.05) is 0 Å². The average Bonchev–Trinajstić information content (AvgIpc) is 2.83. The van der Waals surface area contributed by atoms with E-state index in [1.165, 1.54) is 4.80 Å². The SMILES string of the molecule is Cn1nnc(CNc2nc(C(=O)O)co2)n1. The molecule has 2 heterocycles. The fourth-order valence-corrected chi connectivity index (χ4v) is 1.00. The first-order chi connectivity index (χ1) is 7.65. The lowest BCUT2D eigenvalue weighted by atomic mass is 10.5. The summed E-state index contributed by atoms with van der Waals surface area (Å²) in [4.78, 5) is 15.5. The highest BCUT2D eigenvalue weighted by Crippen LogP contribution is 2.07. The summed E-state index contributed by atoms with van der Waals surface area (Å²) in [7, 11) is 1.64. The Labute approximate surface area is 89.1 Å². The highest BCUT2D eigenvalue weighted by molar-refractivity contribution is 5.85. The molecule has 0 saturated heterocycles. The van der Waals surface area contributed by atoms with Gasteiger partial charge in [-0.1, -0.05) is 0 Å². The first-order valence-electron chi connectivity index (χ1n) is 4.30. The number of carboxylic acids is 1. The Morgan fingerprint density at radius 1 is 1.69 bits per heavy atom. The van der Waals surface area contributed by atoms with Crippen molar-refractivity contribution in [1.82, 2.24) is 25.2 Å². The number of oxazole rings is 1. The van der Waals surface area contributed by atoms with E-state index < -0.39 is 5.97 Å². The first-order valence-corrected chi connectivity index (χ1v) is 4.30. The molecule has 2 aromatic rings. The quantitative estimate of drug-likeness (QED) is 0.713. The van der Waals surface area contributed by atoms with E-state index in [1.54, 1.807) is 7.05 Å². The third kappa shape index (κ3) is 2.13. The van der Waals surface area contributed by atoms with E-state index in [0.29, 0.717) is 5.82 Å². The van der Waals surface area contributed by atoms with Crippen LogP contribution in [0.3, 0.4) is 0 Å². The maximum Gasteiger partial charge on any atom is 0.357 e. The molecule has 84 valence electrons. The zero-order valence-electron chi connectivity index (χ0n) is 8.28. The average molecular weight is 224 g/mol. The summed E-state index contributed by atoms with van der Waals surface area (Å²) in [6.45, 7) is 0.257. The lowest BCUT2D eigenvalue weighted by Crippen LogP contribution is -2.03. The topological polar surface area (TPSA) is 119 Å². The number of aromatic nitrogens is 5. The van der Waals surface area contributed by atoms with Gasteiger partial charge in [0.05, 0.1) is 13.6 Å². The number of hydrogen-bond acceptors (Lipinski definition) is 7. The minimum atomic E-state index is -1.14. The molecule has 0 aliphatic heterocycles. The van der Waals surface area contributed by atoms with Crippen LogP contribution in [0.1, 0.15) is 16.3 Å². The summed E-state index contributed by atoms with van der Waals surface area (Å²) in [6.07, 6.45) is 1.05. The zero-order valence-corrected chi connectivity index (χ0v) is 8.28. The monoisotopic (exact) mass is 224 g/mol. The second-order valence-electron chi connectivity index (χ2n) is 2.89. The Morgan fingerprint density at radius 2 is 2.50 bits per heavy atom. The van der Waals surface area contributed by atoms with Gasteiger partial charge in [0.15, 0.2) is 11.5 Å². The van der Waals surface area contributed by atoms with E-state index in [9.17, 15) is 4.79 Å². The van der Waals surface area contributed by atoms with Crippen molar-refractivity contribution in [1.29, 1.82) is 0 Å². The van der Waals surface area contributed by atoms with Crippen molar-refractivity contribution in [2.24, 2.45) is 7.05 Å². The van der Waals surface area contributed by atoms with Crippen LogP contribution in [0, 0.1) is 0 Å². The van der Waals surface area contributed by atoms with Crippen LogP contribution in [-0.2, 0) is 13.6 Å². The van der Waals surface area contributed by atoms with Crippen molar-refractivity contribution in [3.63, 3.8) is 0 Å². The standard InChI is InChI=1S/C7H8N6O3/c1-13-11-5(10-12-13)2-8-7-9-4(3-16-7)6(14)15/h3H,2H2,1H3,(H,8,9)(H,14,15). The Balaban J connectivity index is 1.97. The maximum atomic E-state index is 10.5. The van der Waals surface area contributed by atoms with E-state index in [4.69, 9.17) is 9.52 Å². The van der Waals surface area contributed by atoms with Crippen molar-refractivity contribution >= 4 is 12.0 Å². The normalized spacial score (nSPS) is 10.3. The molecule has 0 amide bonds. The Kier molecular flexibility index (Phi) is 2.50.